The zero-order valence-corrected chi connectivity index (χ0v) is 12.1. The van der Waals surface area contributed by atoms with Gasteiger partial charge in [-0.25, -0.2) is 4.39 Å². The molecule has 0 bridgehead atoms. The van der Waals surface area contributed by atoms with Gasteiger partial charge in [0.05, 0.1) is 17.0 Å². The molecule has 110 valence electrons. The predicted molar refractivity (Wildman–Crippen MR) is 77.3 cm³/mol. The third kappa shape index (κ3) is 3.83. The van der Waals surface area contributed by atoms with Crippen LogP contribution in [-0.4, -0.2) is 21.5 Å². The van der Waals surface area contributed by atoms with Crippen LogP contribution < -0.4 is 4.74 Å². The molecule has 0 unspecified atom stereocenters. The highest BCUT2D eigenvalue weighted by Crippen LogP contribution is 2.17. The molecule has 0 fully saturated rings. The van der Waals surface area contributed by atoms with Gasteiger partial charge in [-0.1, -0.05) is 11.8 Å². The number of halogens is 1. The normalized spacial score (nSPS) is 10.1. The van der Waals surface area contributed by atoms with Gasteiger partial charge in [0.25, 0.3) is 0 Å². The van der Waals surface area contributed by atoms with Gasteiger partial charge in [-0.2, -0.15) is 5.10 Å². The van der Waals surface area contributed by atoms with Crippen LogP contribution in [0.4, 0.5) is 4.39 Å². The molecule has 1 N–H and O–H groups in total. The van der Waals surface area contributed by atoms with E-state index >= 15 is 0 Å². The lowest BCUT2D eigenvalue weighted by atomic mass is 10.2. The first-order valence-electron chi connectivity index (χ1n) is 6.69. The van der Waals surface area contributed by atoms with E-state index in [4.69, 9.17) is 9.84 Å². The lowest BCUT2D eigenvalue weighted by Gasteiger charge is -2.08. The maximum absolute atomic E-state index is 13.8. The van der Waals surface area contributed by atoms with Gasteiger partial charge in [0.2, 0.25) is 0 Å². The Morgan fingerprint density at radius 1 is 1.38 bits per heavy atom. The van der Waals surface area contributed by atoms with Crippen molar-refractivity contribution in [1.82, 2.24) is 9.78 Å². The lowest BCUT2D eigenvalue weighted by Crippen LogP contribution is -2.06. The van der Waals surface area contributed by atoms with Crippen LogP contribution in [0.5, 0.6) is 5.75 Å². The van der Waals surface area contributed by atoms with Crippen LogP contribution >= 0.6 is 0 Å². The second-order valence-electron chi connectivity index (χ2n) is 4.48. The van der Waals surface area contributed by atoms with E-state index in [2.05, 4.69) is 16.9 Å². The van der Waals surface area contributed by atoms with Crippen molar-refractivity contribution < 1.29 is 14.2 Å². The van der Waals surface area contributed by atoms with Gasteiger partial charge in [-0.05, 0) is 32.0 Å². The predicted octanol–water partition coefficient (Wildman–Crippen LogP) is 2.27. The molecule has 0 aliphatic heterocycles. The molecular formula is C16H17FN2O2. The van der Waals surface area contributed by atoms with Gasteiger partial charge in [0.1, 0.15) is 24.8 Å². The molecule has 21 heavy (non-hydrogen) atoms. The summed E-state index contributed by atoms with van der Waals surface area (Å²) < 4.78 is 21.2. The second-order valence-corrected chi connectivity index (χ2v) is 4.48. The fourth-order valence-electron chi connectivity index (χ4n) is 1.97. The third-order valence-electron chi connectivity index (χ3n) is 2.91. The number of benzene rings is 1. The lowest BCUT2D eigenvalue weighted by molar-refractivity contribution is 0.291. The van der Waals surface area contributed by atoms with E-state index in [1.807, 2.05) is 24.6 Å². The zero-order chi connectivity index (χ0) is 15.2. The van der Waals surface area contributed by atoms with E-state index in [0.29, 0.717) is 12.4 Å². The Morgan fingerprint density at radius 2 is 2.19 bits per heavy atom. The minimum absolute atomic E-state index is 0.242. The van der Waals surface area contributed by atoms with Crippen molar-refractivity contribution >= 4 is 0 Å². The minimum Gasteiger partial charge on any atom is -0.487 e. The van der Waals surface area contributed by atoms with Gasteiger partial charge in [0, 0.05) is 12.6 Å². The van der Waals surface area contributed by atoms with E-state index in [9.17, 15) is 4.39 Å². The Balaban J connectivity index is 2.08. The number of nitrogens with zero attached hydrogens (tertiary/aromatic N) is 2. The zero-order valence-electron chi connectivity index (χ0n) is 12.1. The van der Waals surface area contributed by atoms with Crippen molar-refractivity contribution in [3.05, 3.63) is 47.0 Å². The van der Waals surface area contributed by atoms with Crippen LogP contribution in [0, 0.1) is 24.6 Å². The van der Waals surface area contributed by atoms with Crippen LogP contribution in [-0.2, 0) is 13.2 Å². The van der Waals surface area contributed by atoms with Crippen LogP contribution in [0.1, 0.15) is 23.9 Å². The Morgan fingerprint density at radius 3 is 2.86 bits per heavy atom. The van der Waals surface area contributed by atoms with Gasteiger partial charge < -0.3 is 9.84 Å². The van der Waals surface area contributed by atoms with Crippen LogP contribution in [0.25, 0.3) is 0 Å². The number of hydrogen-bond acceptors (Lipinski definition) is 3. The molecule has 0 spiro atoms. The second kappa shape index (κ2) is 6.91. The number of hydrogen-bond donors (Lipinski definition) is 1. The Hall–Kier alpha value is -2.32. The molecule has 0 radical (unpaired) electrons. The standard InChI is InChI=1S/C16H17FN2O2/c1-3-19-14(9-12(2)18-19)11-21-15-7-6-13(5-4-8-20)16(17)10-15/h6-7,9-10,20H,3,8,11H2,1-2H3. The smallest absolute Gasteiger partial charge is 0.142 e. The van der Waals surface area contributed by atoms with E-state index in [1.165, 1.54) is 12.1 Å². The number of ether oxygens (including phenoxy) is 1. The number of aromatic nitrogens is 2. The molecule has 5 heteroatoms. The Labute approximate surface area is 123 Å². The van der Waals surface area contributed by atoms with Crippen molar-refractivity contribution in [2.24, 2.45) is 0 Å². The third-order valence-corrected chi connectivity index (χ3v) is 2.91. The molecular weight excluding hydrogens is 271 g/mol. The first kappa shape index (κ1) is 15.1. The summed E-state index contributed by atoms with van der Waals surface area (Å²) in [6.07, 6.45) is 0. The summed E-state index contributed by atoms with van der Waals surface area (Å²) in [6.45, 7) is 4.72. The molecule has 1 aromatic heterocycles. The summed E-state index contributed by atoms with van der Waals surface area (Å²) in [5.74, 6) is 4.92. The fourth-order valence-corrected chi connectivity index (χ4v) is 1.97. The molecule has 0 saturated carbocycles. The summed E-state index contributed by atoms with van der Waals surface area (Å²) in [5.41, 5.74) is 2.11. The average Bonchev–Trinajstić information content (AvgIpc) is 2.84. The highest BCUT2D eigenvalue weighted by atomic mass is 19.1. The molecule has 1 heterocycles. The van der Waals surface area contributed by atoms with E-state index in [0.717, 1.165) is 17.9 Å². The van der Waals surface area contributed by atoms with Gasteiger partial charge in [-0.3, -0.25) is 4.68 Å². The molecule has 1 aromatic carbocycles. The van der Waals surface area contributed by atoms with E-state index in [-0.39, 0.29) is 12.2 Å². The summed E-state index contributed by atoms with van der Waals surface area (Å²) in [4.78, 5) is 0. The molecule has 0 aliphatic rings. The number of aliphatic hydroxyl groups is 1. The van der Waals surface area contributed by atoms with Crippen molar-refractivity contribution in [2.45, 2.75) is 27.0 Å². The number of aliphatic hydroxyl groups excluding tert-OH is 1. The van der Waals surface area contributed by atoms with Crippen LogP contribution in [0.2, 0.25) is 0 Å². The molecule has 0 atom stereocenters. The first-order valence-corrected chi connectivity index (χ1v) is 6.69. The van der Waals surface area contributed by atoms with E-state index < -0.39 is 5.82 Å². The first-order chi connectivity index (χ1) is 10.1. The quantitative estimate of drug-likeness (QED) is 0.878. The van der Waals surface area contributed by atoms with E-state index in [1.54, 1.807) is 6.07 Å². The molecule has 0 aliphatic carbocycles. The average molecular weight is 288 g/mol. The van der Waals surface area contributed by atoms with Crippen LogP contribution in [0.15, 0.2) is 24.3 Å². The summed E-state index contributed by atoms with van der Waals surface area (Å²) in [5, 5.41) is 12.9. The minimum atomic E-state index is -0.464. The highest BCUT2D eigenvalue weighted by Gasteiger charge is 2.06. The molecule has 2 rings (SSSR count). The molecule has 4 nitrogen and oxygen atoms in total. The maximum atomic E-state index is 13.8. The molecule has 0 amide bonds. The van der Waals surface area contributed by atoms with Gasteiger partial charge >= 0.3 is 0 Å². The largest absolute Gasteiger partial charge is 0.487 e. The highest BCUT2D eigenvalue weighted by molar-refractivity contribution is 5.39. The molecule has 0 saturated heterocycles. The summed E-state index contributed by atoms with van der Waals surface area (Å²) in [7, 11) is 0. The summed E-state index contributed by atoms with van der Waals surface area (Å²) >= 11 is 0. The van der Waals surface area contributed by atoms with Crippen molar-refractivity contribution in [1.29, 1.82) is 0 Å². The summed E-state index contributed by atoms with van der Waals surface area (Å²) in [6, 6.07) is 6.43. The fraction of sp³-hybridized carbons (Fsp3) is 0.312. The van der Waals surface area contributed by atoms with Crippen molar-refractivity contribution in [2.75, 3.05) is 6.61 Å². The van der Waals surface area contributed by atoms with Crippen molar-refractivity contribution in [3.8, 4) is 17.6 Å². The Kier molecular flexibility index (Phi) is 4.96. The number of rotatable bonds is 4. The SMILES string of the molecule is CCn1nc(C)cc1COc1ccc(C#CCO)c(F)c1. The number of aryl methyl sites for hydroxylation is 2. The van der Waals surface area contributed by atoms with Gasteiger partial charge in [0.15, 0.2) is 0 Å². The van der Waals surface area contributed by atoms with Crippen molar-refractivity contribution in [3.63, 3.8) is 0 Å². The monoisotopic (exact) mass is 288 g/mol. The Bertz CT molecular complexity index is 683. The topological polar surface area (TPSA) is 47.3 Å². The van der Waals surface area contributed by atoms with Gasteiger partial charge in [-0.15, -0.1) is 0 Å². The maximum Gasteiger partial charge on any atom is 0.142 e. The molecule has 2 aromatic rings. The van der Waals surface area contributed by atoms with Crippen LogP contribution in [0.3, 0.4) is 0 Å².